The number of rotatable bonds is 4. The molecule has 2 rings (SSSR count). The number of hydrogen-bond donors (Lipinski definition) is 2. The van der Waals surface area contributed by atoms with E-state index in [2.05, 4.69) is 20.5 Å². The van der Waals surface area contributed by atoms with E-state index in [0.717, 1.165) is 5.76 Å². The molecule has 2 heterocycles. The third kappa shape index (κ3) is 3.07. The Labute approximate surface area is 104 Å². The van der Waals surface area contributed by atoms with Gasteiger partial charge in [0.05, 0.1) is 6.04 Å². The largest absolute Gasteiger partial charge is 0.462 e. The van der Waals surface area contributed by atoms with Crippen LogP contribution in [0.15, 0.2) is 29.0 Å². The van der Waals surface area contributed by atoms with Crippen molar-refractivity contribution < 1.29 is 9.21 Å². The first-order chi connectivity index (χ1) is 8.65. The predicted molar refractivity (Wildman–Crippen MR) is 65.4 cm³/mol. The highest BCUT2D eigenvalue weighted by Gasteiger charge is 2.09. The molecule has 0 aliphatic heterocycles. The molecule has 2 N–H and O–H groups in total. The fourth-order valence-electron chi connectivity index (χ4n) is 1.45. The Hall–Kier alpha value is -2.37. The number of aromatic amines is 1. The summed E-state index contributed by atoms with van der Waals surface area (Å²) in [6.07, 6.45) is 4.44. The Morgan fingerprint density at radius 3 is 3.00 bits per heavy atom. The van der Waals surface area contributed by atoms with Gasteiger partial charge in [0, 0.05) is 6.08 Å². The molecule has 6 nitrogen and oxygen atoms in total. The number of nitrogens with one attached hydrogen (secondary N) is 2. The van der Waals surface area contributed by atoms with Gasteiger partial charge in [-0.2, -0.15) is 5.10 Å². The lowest BCUT2D eigenvalue weighted by Crippen LogP contribution is -2.25. The zero-order chi connectivity index (χ0) is 13.0. The van der Waals surface area contributed by atoms with Gasteiger partial charge >= 0.3 is 0 Å². The molecule has 0 spiro atoms. The van der Waals surface area contributed by atoms with E-state index in [0.29, 0.717) is 11.6 Å². The number of carbonyl (C=O) groups is 1. The molecule has 1 atom stereocenters. The van der Waals surface area contributed by atoms with Gasteiger partial charge in [0.25, 0.3) is 0 Å². The van der Waals surface area contributed by atoms with Crippen LogP contribution in [0.25, 0.3) is 6.08 Å². The maximum atomic E-state index is 11.6. The van der Waals surface area contributed by atoms with Gasteiger partial charge in [0.1, 0.15) is 23.7 Å². The molecule has 18 heavy (non-hydrogen) atoms. The first-order valence-electron chi connectivity index (χ1n) is 5.55. The number of amides is 1. The van der Waals surface area contributed by atoms with Crippen molar-refractivity contribution in [2.24, 2.45) is 0 Å². The van der Waals surface area contributed by atoms with Crippen molar-refractivity contribution in [3.8, 4) is 0 Å². The minimum absolute atomic E-state index is 0.215. The second-order valence-electron chi connectivity index (χ2n) is 3.88. The van der Waals surface area contributed by atoms with E-state index < -0.39 is 0 Å². The molecule has 0 saturated heterocycles. The molecule has 2 aromatic rings. The van der Waals surface area contributed by atoms with Gasteiger partial charge in [-0.1, -0.05) is 0 Å². The highest BCUT2D eigenvalue weighted by atomic mass is 16.3. The Kier molecular flexibility index (Phi) is 3.57. The topological polar surface area (TPSA) is 83.8 Å². The molecule has 0 aliphatic rings. The van der Waals surface area contributed by atoms with Crippen molar-refractivity contribution in [3.63, 3.8) is 0 Å². The summed E-state index contributed by atoms with van der Waals surface area (Å²) in [6.45, 7) is 3.67. The minimum Gasteiger partial charge on any atom is -0.462 e. The normalized spacial score (nSPS) is 12.8. The smallest absolute Gasteiger partial charge is 0.244 e. The van der Waals surface area contributed by atoms with Crippen molar-refractivity contribution in [1.29, 1.82) is 0 Å². The van der Waals surface area contributed by atoms with Gasteiger partial charge in [0.15, 0.2) is 0 Å². The van der Waals surface area contributed by atoms with Crippen LogP contribution in [-0.2, 0) is 4.79 Å². The maximum absolute atomic E-state index is 11.6. The summed E-state index contributed by atoms with van der Waals surface area (Å²) in [5.41, 5.74) is 0. The maximum Gasteiger partial charge on any atom is 0.244 e. The Morgan fingerprint density at radius 2 is 2.39 bits per heavy atom. The van der Waals surface area contributed by atoms with Crippen molar-refractivity contribution in [1.82, 2.24) is 20.5 Å². The van der Waals surface area contributed by atoms with Crippen LogP contribution in [0.4, 0.5) is 0 Å². The fraction of sp³-hybridized carbons (Fsp3) is 0.250. The monoisotopic (exact) mass is 246 g/mol. The number of nitrogens with zero attached hydrogens (tertiary/aromatic N) is 2. The Morgan fingerprint density at radius 1 is 1.56 bits per heavy atom. The standard InChI is InChI=1S/C12H14N4O2/c1-8-3-4-10(18-8)5-6-11(17)15-9(2)12-13-7-14-16-12/h3-7,9H,1-2H3,(H,15,17)(H,13,14,16)/b6-5+. The number of furan rings is 1. The van der Waals surface area contributed by atoms with E-state index >= 15 is 0 Å². The summed E-state index contributed by atoms with van der Waals surface area (Å²) < 4.78 is 5.32. The van der Waals surface area contributed by atoms with Crippen LogP contribution in [0.2, 0.25) is 0 Å². The summed E-state index contributed by atoms with van der Waals surface area (Å²) in [6, 6.07) is 3.43. The molecule has 1 unspecified atom stereocenters. The summed E-state index contributed by atoms with van der Waals surface area (Å²) >= 11 is 0. The summed E-state index contributed by atoms with van der Waals surface area (Å²) in [4.78, 5) is 15.6. The Balaban J connectivity index is 1.91. The second-order valence-corrected chi connectivity index (χ2v) is 3.88. The van der Waals surface area contributed by atoms with Crippen LogP contribution in [0, 0.1) is 6.92 Å². The molecular weight excluding hydrogens is 232 g/mol. The zero-order valence-electron chi connectivity index (χ0n) is 10.2. The van der Waals surface area contributed by atoms with Crippen LogP contribution >= 0.6 is 0 Å². The molecule has 0 bridgehead atoms. The van der Waals surface area contributed by atoms with E-state index in [1.165, 1.54) is 12.4 Å². The summed E-state index contributed by atoms with van der Waals surface area (Å²) in [5.74, 6) is 1.86. The van der Waals surface area contributed by atoms with Gasteiger partial charge < -0.3 is 9.73 Å². The molecular formula is C12H14N4O2. The molecule has 0 aromatic carbocycles. The number of H-pyrrole nitrogens is 1. The van der Waals surface area contributed by atoms with Gasteiger partial charge in [0.2, 0.25) is 5.91 Å². The van der Waals surface area contributed by atoms with E-state index in [1.54, 1.807) is 12.1 Å². The molecule has 94 valence electrons. The highest BCUT2D eigenvalue weighted by Crippen LogP contribution is 2.08. The number of aryl methyl sites for hydroxylation is 1. The molecule has 6 heteroatoms. The predicted octanol–water partition coefficient (Wildman–Crippen LogP) is 1.60. The zero-order valence-corrected chi connectivity index (χ0v) is 10.2. The van der Waals surface area contributed by atoms with Crippen LogP contribution in [0.5, 0.6) is 0 Å². The third-order valence-corrected chi connectivity index (χ3v) is 2.36. The third-order valence-electron chi connectivity index (χ3n) is 2.36. The molecule has 1 amide bonds. The molecule has 0 aliphatic carbocycles. The van der Waals surface area contributed by atoms with Crippen molar-refractivity contribution in [2.45, 2.75) is 19.9 Å². The number of aromatic nitrogens is 3. The van der Waals surface area contributed by atoms with E-state index in [4.69, 9.17) is 4.42 Å². The van der Waals surface area contributed by atoms with Gasteiger partial charge in [-0.15, -0.1) is 0 Å². The van der Waals surface area contributed by atoms with Gasteiger partial charge in [-0.05, 0) is 32.1 Å². The van der Waals surface area contributed by atoms with Crippen molar-refractivity contribution in [3.05, 3.63) is 41.9 Å². The van der Waals surface area contributed by atoms with Crippen LogP contribution < -0.4 is 5.32 Å². The van der Waals surface area contributed by atoms with Crippen LogP contribution in [0.3, 0.4) is 0 Å². The first-order valence-corrected chi connectivity index (χ1v) is 5.55. The first kappa shape index (κ1) is 12.1. The average molecular weight is 246 g/mol. The summed E-state index contributed by atoms with van der Waals surface area (Å²) in [7, 11) is 0. The Bertz CT molecular complexity index is 542. The summed E-state index contributed by atoms with van der Waals surface area (Å²) in [5, 5.41) is 9.19. The second kappa shape index (κ2) is 5.31. The van der Waals surface area contributed by atoms with E-state index in [1.807, 2.05) is 19.9 Å². The molecule has 0 radical (unpaired) electrons. The molecule has 2 aromatic heterocycles. The van der Waals surface area contributed by atoms with Crippen LogP contribution in [0.1, 0.15) is 30.3 Å². The van der Waals surface area contributed by atoms with E-state index in [-0.39, 0.29) is 11.9 Å². The highest BCUT2D eigenvalue weighted by molar-refractivity contribution is 5.91. The lowest BCUT2D eigenvalue weighted by atomic mass is 10.3. The van der Waals surface area contributed by atoms with Gasteiger partial charge in [-0.3, -0.25) is 9.89 Å². The van der Waals surface area contributed by atoms with Gasteiger partial charge in [-0.25, -0.2) is 4.98 Å². The SMILES string of the molecule is Cc1ccc(/C=C/C(=O)NC(C)c2ncn[nH]2)o1. The quantitative estimate of drug-likeness (QED) is 0.802. The van der Waals surface area contributed by atoms with Crippen molar-refractivity contribution in [2.75, 3.05) is 0 Å². The average Bonchev–Trinajstić information content (AvgIpc) is 2.97. The van der Waals surface area contributed by atoms with Crippen molar-refractivity contribution >= 4 is 12.0 Å². The van der Waals surface area contributed by atoms with E-state index in [9.17, 15) is 4.79 Å². The molecule has 0 fully saturated rings. The molecule has 0 saturated carbocycles. The fourth-order valence-corrected chi connectivity index (χ4v) is 1.45. The number of carbonyl (C=O) groups excluding carboxylic acids is 1. The number of hydrogen-bond acceptors (Lipinski definition) is 4. The minimum atomic E-state index is -0.219. The lowest BCUT2D eigenvalue weighted by molar-refractivity contribution is -0.117. The van der Waals surface area contributed by atoms with Crippen LogP contribution in [-0.4, -0.2) is 21.1 Å². The lowest BCUT2D eigenvalue weighted by Gasteiger charge is -2.08.